The van der Waals surface area contributed by atoms with Crippen molar-refractivity contribution in [3.05, 3.63) is 36.4 Å². The Kier molecular flexibility index (Phi) is 6.39. The maximum atomic E-state index is 4.63. The van der Waals surface area contributed by atoms with Crippen molar-refractivity contribution >= 4 is 34.4 Å². The van der Waals surface area contributed by atoms with Gasteiger partial charge in [0.2, 0.25) is 0 Å². The minimum atomic E-state index is 0.541. The predicted molar refractivity (Wildman–Crippen MR) is 110 cm³/mol. The lowest BCUT2D eigenvalue weighted by Gasteiger charge is -2.17. The van der Waals surface area contributed by atoms with Crippen molar-refractivity contribution in [2.45, 2.75) is 30.6 Å². The molecule has 1 aliphatic rings. The molecule has 134 valence electrons. The summed E-state index contributed by atoms with van der Waals surface area (Å²) >= 11 is 1.97. The predicted octanol–water partition coefficient (Wildman–Crippen LogP) is 3.10. The van der Waals surface area contributed by atoms with Crippen molar-refractivity contribution in [1.82, 2.24) is 15.6 Å². The molecule has 0 amide bonds. The molecule has 1 aromatic heterocycles. The van der Waals surface area contributed by atoms with E-state index in [1.165, 1.54) is 19.3 Å². The van der Waals surface area contributed by atoms with Crippen LogP contribution in [0.3, 0.4) is 0 Å². The molecule has 25 heavy (non-hydrogen) atoms. The molecule has 2 aromatic rings. The van der Waals surface area contributed by atoms with E-state index in [1.807, 2.05) is 43.1 Å². The average molecular weight is 358 g/mol. The molecule has 0 radical (unpaired) electrons. The number of hydrogen-bond acceptors (Lipinski definition) is 4. The van der Waals surface area contributed by atoms with Crippen LogP contribution in [0, 0.1) is 0 Å². The summed E-state index contributed by atoms with van der Waals surface area (Å²) in [4.78, 5) is 8.96. The van der Waals surface area contributed by atoms with E-state index in [1.54, 1.807) is 0 Å². The van der Waals surface area contributed by atoms with E-state index in [-0.39, 0.29) is 0 Å². The maximum Gasteiger partial charge on any atom is 0.191 e. The lowest BCUT2D eigenvalue weighted by molar-refractivity contribution is 0.616. The van der Waals surface area contributed by atoms with E-state index >= 15 is 0 Å². The summed E-state index contributed by atoms with van der Waals surface area (Å²) in [5, 5.41) is 12.2. The first-order chi connectivity index (χ1) is 12.3. The standard InChI is InChI=1S/C19H27N5S/c1-20-19(23-15-8-9-16(13-15)25-2)22-12-11-21-18-10-7-14-5-3-4-6-17(14)24-18/h3-7,10,15-16H,8-9,11-13H2,1-2H3,(H,21,24)(H2,20,22,23). The zero-order valence-electron chi connectivity index (χ0n) is 15.0. The highest BCUT2D eigenvalue weighted by atomic mass is 32.2. The van der Waals surface area contributed by atoms with Crippen LogP contribution in [-0.2, 0) is 0 Å². The van der Waals surface area contributed by atoms with Crippen molar-refractivity contribution in [2.75, 3.05) is 31.7 Å². The number of nitrogens with zero attached hydrogens (tertiary/aromatic N) is 2. The normalized spacial score (nSPS) is 20.6. The van der Waals surface area contributed by atoms with Crippen LogP contribution in [0.25, 0.3) is 10.9 Å². The highest BCUT2D eigenvalue weighted by molar-refractivity contribution is 7.99. The monoisotopic (exact) mass is 357 g/mol. The van der Waals surface area contributed by atoms with Crippen LogP contribution in [0.5, 0.6) is 0 Å². The molecule has 1 heterocycles. The highest BCUT2D eigenvalue weighted by Gasteiger charge is 2.24. The van der Waals surface area contributed by atoms with Gasteiger partial charge in [-0.25, -0.2) is 4.98 Å². The van der Waals surface area contributed by atoms with E-state index in [2.05, 4.69) is 44.3 Å². The molecular weight excluding hydrogens is 330 g/mol. The quantitative estimate of drug-likeness (QED) is 0.421. The average Bonchev–Trinajstić information content (AvgIpc) is 3.11. The Bertz CT molecular complexity index is 718. The van der Waals surface area contributed by atoms with Crippen LogP contribution in [0.1, 0.15) is 19.3 Å². The molecule has 1 fully saturated rings. The maximum absolute atomic E-state index is 4.63. The molecule has 6 heteroatoms. The van der Waals surface area contributed by atoms with Gasteiger partial charge in [0.25, 0.3) is 0 Å². The second-order valence-corrected chi connectivity index (χ2v) is 7.47. The first-order valence-electron chi connectivity index (χ1n) is 8.88. The zero-order valence-corrected chi connectivity index (χ0v) is 15.8. The number of rotatable bonds is 6. The first kappa shape index (κ1) is 17.9. The van der Waals surface area contributed by atoms with Crippen molar-refractivity contribution in [3.8, 4) is 0 Å². The number of guanidine groups is 1. The molecule has 0 aliphatic heterocycles. The Morgan fingerprint density at radius 3 is 2.88 bits per heavy atom. The fourth-order valence-electron chi connectivity index (χ4n) is 3.21. The lowest BCUT2D eigenvalue weighted by atomic mass is 10.2. The Morgan fingerprint density at radius 2 is 2.08 bits per heavy atom. The van der Waals surface area contributed by atoms with Gasteiger partial charge in [-0.15, -0.1) is 0 Å². The minimum absolute atomic E-state index is 0.541. The molecule has 2 unspecified atom stereocenters. The fraction of sp³-hybridized carbons (Fsp3) is 0.474. The molecule has 1 saturated carbocycles. The molecule has 3 rings (SSSR count). The molecular formula is C19H27N5S. The summed E-state index contributed by atoms with van der Waals surface area (Å²) in [7, 11) is 1.83. The molecule has 3 N–H and O–H groups in total. The number of para-hydroxylation sites is 1. The van der Waals surface area contributed by atoms with Crippen molar-refractivity contribution in [1.29, 1.82) is 0 Å². The van der Waals surface area contributed by atoms with Gasteiger partial charge in [-0.2, -0.15) is 11.8 Å². The molecule has 2 atom stereocenters. The summed E-state index contributed by atoms with van der Waals surface area (Å²) in [6.07, 6.45) is 5.95. The van der Waals surface area contributed by atoms with Gasteiger partial charge in [0, 0.05) is 36.8 Å². The third kappa shape index (κ3) is 5.01. The van der Waals surface area contributed by atoms with Crippen molar-refractivity contribution in [3.63, 3.8) is 0 Å². The molecule has 0 saturated heterocycles. The van der Waals surface area contributed by atoms with Gasteiger partial charge < -0.3 is 16.0 Å². The van der Waals surface area contributed by atoms with E-state index in [0.29, 0.717) is 6.04 Å². The number of pyridine rings is 1. The van der Waals surface area contributed by atoms with Gasteiger partial charge in [-0.1, -0.05) is 18.2 Å². The smallest absolute Gasteiger partial charge is 0.191 e. The van der Waals surface area contributed by atoms with Crippen LogP contribution in [0.2, 0.25) is 0 Å². The topological polar surface area (TPSA) is 61.3 Å². The van der Waals surface area contributed by atoms with Gasteiger partial charge in [0.05, 0.1) is 5.52 Å². The van der Waals surface area contributed by atoms with Gasteiger partial charge >= 0.3 is 0 Å². The van der Waals surface area contributed by atoms with Crippen LogP contribution in [0.4, 0.5) is 5.82 Å². The van der Waals surface area contributed by atoms with Crippen LogP contribution >= 0.6 is 11.8 Å². The summed E-state index contributed by atoms with van der Waals surface area (Å²) in [5.41, 5.74) is 1.02. The van der Waals surface area contributed by atoms with Crippen molar-refractivity contribution < 1.29 is 0 Å². The molecule has 0 bridgehead atoms. The second-order valence-electron chi connectivity index (χ2n) is 6.33. The van der Waals surface area contributed by atoms with Crippen LogP contribution < -0.4 is 16.0 Å². The van der Waals surface area contributed by atoms with Crippen LogP contribution in [-0.4, -0.2) is 48.6 Å². The number of fused-ring (bicyclic) bond motifs is 1. The summed E-state index contributed by atoms with van der Waals surface area (Å²) in [6.45, 7) is 1.59. The number of thioether (sulfide) groups is 1. The first-order valence-corrected chi connectivity index (χ1v) is 10.2. The summed E-state index contributed by atoms with van der Waals surface area (Å²) in [6, 6.07) is 12.8. The number of aliphatic imine (C=N–C) groups is 1. The SMILES string of the molecule is CN=C(NCCNc1ccc2ccccc2n1)NC1CCC(SC)C1. The highest BCUT2D eigenvalue weighted by Crippen LogP contribution is 2.27. The number of nitrogens with one attached hydrogen (secondary N) is 3. The third-order valence-electron chi connectivity index (χ3n) is 4.60. The molecule has 1 aliphatic carbocycles. The van der Waals surface area contributed by atoms with Gasteiger partial charge in [-0.3, -0.25) is 4.99 Å². The van der Waals surface area contributed by atoms with E-state index < -0.39 is 0 Å². The Morgan fingerprint density at radius 1 is 1.20 bits per heavy atom. The second kappa shape index (κ2) is 8.94. The van der Waals surface area contributed by atoms with Gasteiger partial charge in [-0.05, 0) is 43.7 Å². The van der Waals surface area contributed by atoms with Gasteiger partial charge in [0.15, 0.2) is 5.96 Å². The Balaban J connectivity index is 1.42. The van der Waals surface area contributed by atoms with Crippen molar-refractivity contribution in [2.24, 2.45) is 4.99 Å². The summed E-state index contributed by atoms with van der Waals surface area (Å²) < 4.78 is 0. The number of benzene rings is 1. The number of anilines is 1. The minimum Gasteiger partial charge on any atom is -0.368 e. The Labute approximate surface area is 154 Å². The van der Waals surface area contributed by atoms with Crippen LogP contribution in [0.15, 0.2) is 41.4 Å². The number of hydrogen-bond donors (Lipinski definition) is 3. The lowest BCUT2D eigenvalue weighted by Crippen LogP contribution is -2.44. The zero-order chi connectivity index (χ0) is 17.5. The largest absolute Gasteiger partial charge is 0.368 e. The van der Waals surface area contributed by atoms with E-state index in [4.69, 9.17) is 0 Å². The molecule has 5 nitrogen and oxygen atoms in total. The molecule has 0 spiro atoms. The van der Waals surface area contributed by atoms with E-state index in [0.717, 1.165) is 41.0 Å². The third-order valence-corrected chi connectivity index (χ3v) is 5.70. The Hall–Kier alpha value is -1.95. The van der Waals surface area contributed by atoms with Gasteiger partial charge in [0.1, 0.15) is 5.82 Å². The number of aromatic nitrogens is 1. The fourth-order valence-corrected chi connectivity index (χ4v) is 4.01. The summed E-state index contributed by atoms with van der Waals surface area (Å²) in [5.74, 6) is 1.79. The molecule has 1 aromatic carbocycles. The van der Waals surface area contributed by atoms with E-state index in [9.17, 15) is 0 Å².